The molecule has 5 heteroatoms. The second kappa shape index (κ2) is 14.2. The fourth-order valence-electron chi connectivity index (χ4n) is 2.95. The maximum Gasteiger partial charge on any atom is 0.313 e. The number of esters is 2. The van der Waals surface area contributed by atoms with Crippen molar-refractivity contribution in [3.63, 3.8) is 0 Å². The molecule has 0 spiro atoms. The Morgan fingerprint density at radius 1 is 0.586 bits per heavy atom. The van der Waals surface area contributed by atoms with Gasteiger partial charge in [0.15, 0.2) is 0 Å². The molecule has 156 valence electrons. The van der Waals surface area contributed by atoms with Crippen LogP contribution in [-0.4, -0.2) is 25.0 Å². The van der Waals surface area contributed by atoms with Crippen molar-refractivity contribution in [3.05, 3.63) is 60.7 Å². The van der Waals surface area contributed by atoms with E-state index in [0.29, 0.717) is 12.8 Å². The van der Waals surface area contributed by atoms with Crippen LogP contribution < -0.4 is 10.6 Å². The Labute approximate surface area is 173 Å². The van der Waals surface area contributed by atoms with Crippen molar-refractivity contribution < 1.29 is 14.3 Å². The number of nitrogens with one attached hydrogen (secondary N) is 2. The Hall–Kier alpha value is -2.82. The van der Waals surface area contributed by atoms with Crippen molar-refractivity contribution in [2.45, 2.75) is 51.4 Å². The second-order valence-corrected chi connectivity index (χ2v) is 7.05. The summed E-state index contributed by atoms with van der Waals surface area (Å²) < 4.78 is 4.89. The van der Waals surface area contributed by atoms with Crippen LogP contribution in [0.15, 0.2) is 60.7 Å². The van der Waals surface area contributed by atoms with Gasteiger partial charge in [0.25, 0.3) is 0 Å². The van der Waals surface area contributed by atoms with Crippen LogP contribution in [0, 0.1) is 0 Å². The van der Waals surface area contributed by atoms with Gasteiger partial charge in [0.1, 0.15) is 0 Å². The maximum atomic E-state index is 11.7. The summed E-state index contributed by atoms with van der Waals surface area (Å²) in [5, 5.41) is 6.67. The van der Waals surface area contributed by atoms with Gasteiger partial charge in [-0.3, -0.25) is 9.59 Å². The summed E-state index contributed by atoms with van der Waals surface area (Å²) in [7, 11) is 0. The van der Waals surface area contributed by atoms with Crippen LogP contribution in [0.1, 0.15) is 51.4 Å². The third-order valence-corrected chi connectivity index (χ3v) is 4.55. The highest BCUT2D eigenvalue weighted by molar-refractivity contribution is 5.85. The molecule has 0 bridgehead atoms. The van der Waals surface area contributed by atoms with Gasteiger partial charge in [-0.15, -0.1) is 0 Å². The zero-order valence-corrected chi connectivity index (χ0v) is 17.1. The molecule has 5 nitrogen and oxygen atoms in total. The topological polar surface area (TPSA) is 67.4 Å². The SMILES string of the molecule is O=C(CCCCCNc1ccccc1)OC(=O)CCCCCNc1ccccc1. The second-order valence-electron chi connectivity index (χ2n) is 7.05. The Balaban J connectivity index is 1.40. The number of hydrogen-bond acceptors (Lipinski definition) is 5. The molecule has 2 N–H and O–H groups in total. The Morgan fingerprint density at radius 2 is 1.00 bits per heavy atom. The van der Waals surface area contributed by atoms with Crippen LogP contribution >= 0.6 is 0 Å². The molecule has 0 aromatic heterocycles. The molecular formula is C24H32N2O3. The van der Waals surface area contributed by atoms with Crippen LogP contribution in [0.2, 0.25) is 0 Å². The van der Waals surface area contributed by atoms with Crippen LogP contribution in [0.4, 0.5) is 11.4 Å². The molecule has 0 unspecified atom stereocenters. The van der Waals surface area contributed by atoms with Crippen molar-refractivity contribution in [1.29, 1.82) is 0 Å². The summed E-state index contributed by atoms with van der Waals surface area (Å²) >= 11 is 0. The molecule has 0 saturated carbocycles. The molecule has 2 rings (SSSR count). The van der Waals surface area contributed by atoms with Gasteiger partial charge < -0.3 is 15.4 Å². The van der Waals surface area contributed by atoms with E-state index in [-0.39, 0.29) is 0 Å². The first kappa shape index (κ1) is 22.5. The van der Waals surface area contributed by atoms with Gasteiger partial charge in [0.05, 0.1) is 0 Å². The van der Waals surface area contributed by atoms with Gasteiger partial charge in [0, 0.05) is 37.3 Å². The van der Waals surface area contributed by atoms with E-state index in [1.165, 1.54) is 0 Å². The van der Waals surface area contributed by atoms with Crippen molar-refractivity contribution in [1.82, 2.24) is 0 Å². The monoisotopic (exact) mass is 396 g/mol. The molecular weight excluding hydrogens is 364 g/mol. The predicted molar refractivity (Wildman–Crippen MR) is 118 cm³/mol. The van der Waals surface area contributed by atoms with Gasteiger partial charge in [0.2, 0.25) is 0 Å². The maximum absolute atomic E-state index is 11.7. The first-order chi connectivity index (χ1) is 14.2. The van der Waals surface area contributed by atoms with E-state index in [4.69, 9.17) is 4.74 Å². The van der Waals surface area contributed by atoms with Crippen molar-refractivity contribution >= 4 is 23.3 Å². The summed E-state index contributed by atoms with van der Waals surface area (Å²) in [6.45, 7) is 1.74. The molecule has 0 radical (unpaired) electrons. The Bertz CT molecular complexity index is 643. The summed E-state index contributed by atoms with van der Waals surface area (Å²) in [6.07, 6.45) is 5.91. The van der Waals surface area contributed by atoms with Crippen LogP contribution in [0.5, 0.6) is 0 Å². The molecule has 0 heterocycles. The fourth-order valence-corrected chi connectivity index (χ4v) is 2.95. The number of benzene rings is 2. The van der Waals surface area contributed by atoms with Crippen molar-refractivity contribution in [2.75, 3.05) is 23.7 Å². The number of carbonyl (C=O) groups excluding carboxylic acids is 2. The third kappa shape index (κ3) is 10.9. The Kier molecular flexibility index (Phi) is 11.0. The number of hydrogen-bond donors (Lipinski definition) is 2. The largest absolute Gasteiger partial charge is 0.393 e. The summed E-state index contributed by atoms with van der Waals surface area (Å²) in [4.78, 5) is 23.5. The zero-order chi connectivity index (χ0) is 20.6. The minimum Gasteiger partial charge on any atom is -0.393 e. The smallest absolute Gasteiger partial charge is 0.313 e. The quantitative estimate of drug-likeness (QED) is 0.254. The number of para-hydroxylation sites is 2. The van der Waals surface area contributed by atoms with Crippen molar-refractivity contribution in [2.24, 2.45) is 0 Å². The standard InChI is InChI=1S/C24H32N2O3/c27-23(17-9-3-11-19-25-21-13-5-1-6-14-21)29-24(28)18-10-4-12-20-26-22-15-7-2-8-16-22/h1-2,5-8,13-16,25-26H,3-4,9-12,17-20H2. The zero-order valence-electron chi connectivity index (χ0n) is 17.1. The predicted octanol–water partition coefficient (Wildman–Crippen LogP) is 5.40. The first-order valence-electron chi connectivity index (χ1n) is 10.6. The average molecular weight is 397 g/mol. The molecule has 0 aliphatic rings. The van der Waals surface area contributed by atoms with E-state index in [1.807, 2.05) is 60.7 Å². The summed E-state index contributed by atoms with van der Waals surface area (Å²) in [5.74, 6) is -0.812. The highest BCUT2D eigenvalue weighted by Gasteiger charge is 2.09. The highest BCUT2D eigenvalue weighted by Crippen LogP contribution is 2.09. The lowest BCUT2D eigenvalue weighted by atomic mass is 10.2. The van der Waals surface area contributed by atoms with E-state index in [9.17, 15) is 9.59 Å². The molecule has 2 aromatic carbocycles. The van der Waals surface area contributed by atoms with Gasteiger partial charge in [-0.25, -0.2) is 0 Å². The van der Waals surface area contributed by atoms with Crippen molar-refractivity contribution in [3.8, 4) is 0 Å². The minimum atomic E-state index is -0.406. The molecule has 0 aliphatic carbocycles. The van der Waals surface area contributed by atoms with Gasteiger partial charge in [-0.1, -0.05) is 49.2 Å². The minimum absolute atomic E-state index is 0.304. The lowest BCUT2D eigenvalue weighted by Crippen LogP contribution is -2.12. The van der Waals surface area contributed by atoms with E-state index in [2.05, 4.69) is 10.6 Å². The lowest BCUT2D eigenvalue weighted by molar-refractivity contribution is -0.159. The van der Waals surface area contributed by atoms with E-state index in [1.54, 1.807) is 0 Å². The highest BCUT2D eigenvalue weighted by atomic mass is 16.6. The summed E-state index contributed by atoms with van der Waals surface area (Å²) in [6, 6.07) is 20.1. The molecule has 29 heavy (non-hydrogen) atoms. The molecule has 0 atom stereocenters. The molecule has 0 aliphatic heterocycles. The molecule has 0 fully saturated rings. The fraction of sp³-hybridized carbons (Fsp3) is 0.417. The lowest BCUT2D eigenvalue weighted by Gasteiger charge is -2.07. The molecule has 0 amide bonds. The number of unbranched alkanes of at least 4 members (excludes halogenated alkanes) is 4. The van der Waals surface area contributed by atoms with Gasteiger partial charge in [-0.2, -0.15) is 0 Å². The normalized spacial score (nSPS) is 10.3. The van der Waals surface area contributed by atoms with E-state index in [0.717, 1.165) is 63.0 Å². The average Bonchev–Trinajstić information content (AvgIpc) is 2.74. The van der Waals surface area contributed by atoms with Crippen LogP contribution in [-0.2, 0) is 14.3 Å². The number of rotatable bonds is 14. The van der Waals surface area contributed by atoms with Crippen LogP contribution in [0.25, 0.3) is 0 Å². The van der Waals surface area contributed by atoms with Gasteiger partial charge >= 0.3 is 11.9 Å². The Morgan fingerprint density at radius 3 is 1.41 bits per heavy atom. The first-order valence-corrected chi connectivity index (χ1v) is 10.6. The van der Waals surface area contributed by atoms with E-state index < -0.39 is 11.9 Å². The van der Waals surface area contributed by atoms with E-state index >= 15 is 0 Å². The number of carbonyl (C=O) groups is 2. The number of anilines is 2. The summed E-state index contributed by atoms with van der Waals surface area (Å²) in [5.41, 5.74) is 2.21. The number of ether oxygens (including phenoxy) is 1. The van der Waals surface area contributed by atoms with Gasteiger partial charge in [-0.05, 0) is 49.9 Å². The van der Waals surface area contributed by atoms with Crippen LogP contribution in [0.3, 0.4) is 0 Å². The third-order valence-electron chi connectivity index (χ3n) is 4.55. The molecule has 2 aromatic rings. The molecule has 0 saturated heterocycles.